The molecule has 0 fully saturated rings. The van der Waals surface area contributed by atoms with Gasteiger partial charge in [-0.3, -0.25) is 0 Å². The number of aromatic carboxylic acids is 1. The van der Waals surface area contributed by atoms with E-state index in [0.29, 0.717) is 0 Å². The molecule has 0 saturated heterocycles. The second-order valence-electron chi connectivity index (χ2n) is 1.63. The van der Waals surface area contributed by atoms with Crippen LogP contribution < -0.4 is 5.73 Å². The summed E-state index contributed by atoms with van der Waals surface area (Å²) >= 11 is 0. The second-order valence-corrected chi connectivity index (χ2v) is 1.63. The van der Waals surface area contributed by atoms with Gasteiger partial charge in [0, 0.05) is 12.4 Å². The number of nitrogens with two attached hydrogens (primary N) is 1. The van der Waals surface area contributed by atoms with Crippen LogP contribution in [0.2, 0.25) is 0 Å². The Morgan fingerprint density at radius 2 is 2.33 bits per heavy atom. The van der Waals surface area contributed by atoms with Crippen molar-refractivity contribution in [3.05, 3.63) is 18.0 Å². The molecule has 0 amide bonds. The van der Waals surface area contributed by atoms with Crippen LogP contribution in [0.1, 0.15) is 10.4 Å². The molecule has 1 aromatic heterocycles. The number of hydrogen-bond acceptors (Lipinski definition) is 2. The third kappa shape index (κ3) is 0.861. The Morgan fingerprint density at radius 1 is 1.67 bits per heavy atom. The first kappa shape index (κ1) is 5.68. The summed E-state index contributed by atoms with van der Waals surface area (Å²) in [7, 11) is 0. The summed E-state index contributed by atoms with van der Waals surface area (Å²) in [5, 5.41) is 8.35. The zero-order valence-electron chi connectivity index (χ0n) is 4.59. The minimum absolute atomic E-state index is 0.120. The summed E-state index contributed by atoms with van der Waals surface area (Å²) in [5.41, 5.74) is 5.62. The molecule has 48 valence electrons. The van der Waals surface area contributed by atoms with Crippen molar-refractivity contribution in [1.82, 2.24) is 4.98 Å². The van der Waals surface area contributed by atoms with Gasteiger partial charge in [0.2, 0.25) is 0 Å². The summed E-state index contributed by atoms with van der Waals surface area (Å²) in [6, 6.07) is 0. The van der Waals surface area contributed by atoms with E-state index in [1.165, 1.54) is 12.4 Å². The van der Waals surface area contributed by atoms with Gasteiger partial charge in [-0.05, 0) is 0 Å². The molecule has 1 rings (SSSR count). The third-order valence-electron chi connectivity index (χ3n) is 1.01. The number of H-pyrrole nitrogens is 1. The fraction of sp³-hybridized carbons (Fsp3) is 0. The normalized spacial score (nSPS) is 9.33. The van der Waals surface area contributed by atoms with Gasteiger partial charge in [0.15, 0.2) is 0 Å². The smallest absolute Gasteiger partial charge is 0.339 e. The molecule has 0 radical (unpaired) electrons. The lowest BCUT2D eigenvalue weighted by atomic mass is 10.3. The maximum atomic E-state index is 10.2. The van der Waals surface area contributed by atoms with Gasteiger partial charge < -0.3 is 15.8 Å². The predicted octanol–water partition coefficient (Wildman–Crippen LogP) is 0.295. The van der Waals surface area contributed by atoms with Crippen LogP contribution in [-0.4, -0.2) is 16.1 Å². The third-order valence-corrected chi connectivity index (χ3v) is 1.01. The fourth-order valence-electron chi connectivity index (χ4n) is 0.561. The van der Waals surface area contributed by atoms with Crippen LogP contribution in [0, 0.1) is 0 Å². The SMILES string of the molecule is Nc1c[nH]cc1C(=O)O. The first-order chi connectivity index (χ1) is 4.22. The number of nitrogens with one attached hydrogen (secondary N) is 1. The minimum Gasteiger partial charge on any atom is -0.478 e. The van der Waals surface area contributed by atoms with E-state index in [-0.39, 0.29) is 11.3 Å². The van der Waals surface area contributed by atoms with Crippen molar-refractivity contribution in [2.24, 2.45) is 0 Å². The van der Waals surface area contributed by atoms with Crippen LogP contribution in [0.4, 0.5) is 5.69 Å². The highest BCUT2D eigenvalue weighted by Gasteiger charge is 2.05. The lowest BCUT2D eigenvalue weighted by Crippen LogP contribution is -1.97. The molecular weight excluding hydrogens is 120 g/mol. The topological polar surface area (TPSA) is 79.1 Å². The van der Waals surface area contributed by atoms with Gasteiger partial charge in [0.25, 0.3) is 0 Å². The monoisotopic (exact) mass is 126 g/mol. The average molecular weight is 126 g/mol. The zero-order valence-corrected chi connectivity index (χ0v) is 4.59. The summed E-state index contributed by atoms with van der Waals surface area (Å²) in [4.78, 5) is 12.8. The highest BCUT2D eigenvalue weighted by Crippen LogP contribution is 2.07. The van der Waals surface area contributed by atoms with Crippen molar-refractivity contribution < 1.29 is 9.90 Å². The Balaban J connectivity index is 3.08. The second kappa shape index (κ2) is 1.81. The molecule has 4 heteroatoms. The summed E-state index contributed by atoms with van der Waals surface area (Å²) in [6.07, 6.45) is 2.78. The van der Waals surface area contributed by atoms with Crippen LogP contribution in [0.25, 0.3) is 0 Å². The molecule has 1 heterocycles. The number of carbonyl (C=O) groups is 1. The van der Waals surface area contributed by atoms with E-state index in [2.05, 4.69) is 4.98 Å². The van der Waals surface area contributed by atoms with E-state index in [4.69, 9.17) is 10.8 Å². The average Bonchev–Trinajstić information content (AvgIpc) is 2.13. The Labute approximate surface area is 51.3 Å². The maximum Gasteiger partial charge on any atom is 0.339 e. The van der Waals surface area contributed by atoms with Crippen LogP contribution >= 0.6 is 0 Å². The van der Waals surface area contributed by atoms with Crippen molar-refractivity contribution >= 4 is 11.7 Å². The highest BCUT2D eigenvalue weighted by molar-refractivity contribution is 5.93. The van der Waals surface area contributed by atoms with Gasteiger partial charge in [-0.15, -0.1) is 0 Å². The lowest BCUT2D eigenvalue weighted by Gasteiger charge is -1.86. The van der Waals surface area contributed by atoms with Crippen molar-refractivity contribution in [3.63, 3.8) is 0 Å². The molecule has 4 nitrogen and oxygen atoms in total. The molecule has 1 aromatic rings. The predicted molar refractivity (Wildman–Crippen MR) is 32.2 cm³/mol. The van der Waals surface area contributed by atoms with Crippen molar-refractivity contribution in [1.29, 1.82) is 0 Å². The van der Waals surface area contributed by atoms with Gasteiger partial charge in [-0.25, -0.2) is 4.79 Å². The molecule has 0 aliphatic carbocycles. The molecule has 9 heavy (non-hydrogen) atoms. The molecule has 0 aliphatic heterocycles. The quantitative estimate of drug-likeness (QED) is 0.506. The standard InChI is InChI=1S/C5H6N2O2/c6-4-2-7-1-3(4)5(8)9/h1-2,7H,6H2,(H,8,9). The number of carboxylic acids is 1. The van der Waals surface area contributed by atoms with E-state index in [9.17, 15) is 4.79 Å². The highest BCUT2D eigenvalue weighted by atomic mass is 16.4. The van der Waals surface area contributed by atoms with E-state index in [1.807, 2.05) is 0 Å². The number of carboxylic acid groups (broad SMARTS) is 1. The Morgan fingerprint density at radius 3 is 2.56 bits per heavy atom. The summed E-state index contributed by atoms with van der Waals surface area (Å²) in [6.45, 7) is 0. The molecule has 4 N–H and O–H groups in total. The van der Waals surface area contributed by atoms with E-state index < -0.39 is 5.97 Å². The van der Waals surface area contributed by atoms with Crippen molar-refractivity contribution in [2.75, 3.05) is 5.73 Å². The number of rotatable bonds is 1. The number of aromatic amines is 1. The molecule has 0 atom stereocenters. The number of hydrogen-bond donors (Lipinski definition) is 3. The summed E-state index contributed by atoms with van der Waals surface area (Å²) < 4.78 is 0. The van der Waals surface area contributed by atoms with Gasteiger partial charge in [0.05, 0.1) is 11.3 Å². The summed E-state index contributed by atoms with van der Waals surface area (Å²) in [5.74, 6) is -1.01. The molecule has 0 aromatic carbocycles. The number of aromatic nitrogens is 1. The zero-order chi connectivity index (χ0) is 6.85. The Bertz CT molecular complexity index is 229. The fourth-order valence-corrected chi connectivity index (χ4v) is 0.561. The number of anilines is 1. The molecule has 0 aliphatic rings. The van der Waals surface area contributed by atoms with Crippen LogP contribution in [-0.2, 0) is 0 Å². The molecule has 0 unspecified atom stereocenters. The van der Waals surface area contributed by atoms with E-state index >= 15 is 0 Å². The number of nitrogen functional groups attached to an aromatic ring is 1. The van der Waals surface area contributed by atoms with Crippen LogP contribution in [0.5, 0.6) is 0 Å². The van der Waals surface area contributed by atoms with Crippen molar-refractivity contribution in [3.8, 4) is 0 Å². The minimum atomic E-state index is -1.01. The van der Waals surface area contributed by atoms with Crippen LogP contribution in [0.15, 0.2) is 12.4 Å². The maximum absolute atomic E-state index is 10.2. The van der Waals surface area contributed by atoms with Gasteiger partial charge in [0.1, 0.15) is 0 Å². The Hall–Kier alpha value is -1.45. The molecular formula is C5H6N2O2. The Kier molecular flexibility index (Phi) is 1.14. The first-order valence-corrected chi connectivity index (χ1v) is 2.37. The largest absolute Gasteiger partial charge is 0.478 e. The van der Waals surface area contributed by atoms with Gasteiger partial charge >= 0.3 is 5.97 Å². The molecule has 0 spiro atoms. The van der Waals surface area contributed by atoms with E-state index in [1.54, 1.807) is 0 Å². The molecule has 0 bridgehead atoms. The van der Waals surface area contributed by atoms with Gasteiger partial charge in [-0.2, -0.15) is 0 Å². The lowest BCUT2D eigenvalue weighted by molar-refractivity contribution is 0.0698. The van der Waals surface area contributed by atoms with Crippen LogP contribution in [0.3, 0.4) is 0 Å². The van der Waals surface area contributed by atoms with Crippen molar-refractivity contribution in [2.45, 2.75) is 0 Å². The van der Waals surface area contributed by atoms with Gasteiger partial charge in [-0.1, -0.05) is 0 Å². The molecule has 0 saturated carbocycles. The first-order valence-electron chi connectivity index (χ1n) is 2.37. The van der Waals surface area contributed by atoms with E-state index in [0.717, 1.165) is 0 Å².